The molecular formula is C19H17NO2. The number of anilines is 1. The first kappa shape index (κ1) is 13.3. The fourth-order valence-electron chi connectivity index (χ4n) is 3.78. The van der Waals surface area contributed by atoms with E-state index >= 15 is 0 Å². The van der Waals surface area contributed by atoms with Crippen LogP contribution in [0, 0.1) is 0 Å². The second-order valence-electron chi connectivity index (χ2n) is 6.20. The minimum absolute atomic E-state index is 0.0771. The van der Waals surface area contributed by atoms with Crippen molar-refractivity contribution in [1.29, 1.82) is 0 Å². The van der Waals surface area contributed by atoms with Gasteiger partial charge in [0.05, 0.1) is 5.41 Å². The Labute approximate surface area is 129 Å². The van der Waals surface area contributed by atoms with E-state index in [9.17, 15) is 9.59 Å². The summed E-state index contributed by atoms with van der Waals surface area (Å²) < 4.78 is 0. The lowest BCUT2D eigenvalue weighted by Crippen LogP contribution is -2.35. The summed E-state index contributed by atoms with van der Waals surface area (Å²) in [6, 6.07) is 13.8. The van der Waals surface area contributed by atoms with Gasteiger partial charge < -0.3 is 5.32 Å². The second kappa shape index (κ2) is 4.54. The van der Waals surface area contributed by atoms with Gasteiger partial charge in [-0.2, -0.15) is 0 Å². The molecule has 1 N–H and O–H groups in total. The van der Waals surface area contributed by atoms with E-state index in [2.05, 4.69) is 5.32 Å². The van der Waals surface area contributed by atoms with Crippen LogP contribution in [0.2, 0.25) is 0 Å². The van der Waals surface area contributed by atoms with Gasteiger partial charge in [-0.1, -0.05) is 37.3 Å². The maximum Gasteiger partial charge on any atom is 0.235 e. The first-order chi connectivity index (χ1) is 10.6. The van der Waals surface area contributed by atoms with E-state index in [1.165, 1.54) is 5.56 Å². The number of amides is 1. The Balaban J connectivity index is 1.79. The van der Waals surface area contributed by atoms with E-state index in [0.29, 0.717) is 19.3 Å². The molecule has 1 amide bonds. The molecule has 2 aromatic rings. The molecule has 4 rings (SSSR count). The van der Waals surface area contributed by atoms with Gasteiger partial charge in [0.15, 0.2) is 5.78 Å². The molecule has 2 aliphatic rings. The van der Waals surface area contributed by atoms with E-state index in [1.807, 2.05) is 49.4 Å². The number of fused-ring (bicyclic) bond motifs is 3. The summed E-state index contributed by atoms with van der Waals surface area (Å²) in [6.07, 6.45) is 1.90. The third kappa shape index (κ3) is 1.68. The van der Waals surface area contributed by atoms with Gasteiger partial charge in [0.25, 0.3) is 0 Å². The molecule has 0 saturated carbocycles. The molecule has 0 aromatic heterocycles. The van der Waals surface area contributed by atoms with Crippen molar-refractivity contribution in [2.75, 3.05) is 5.32 Å². The highest BCUT2D eigenvalue weighted by Crippen LogP contribution is 2.47. The van der Waals surface area contributed by atoms with E-state index < -0.39 is 5.41 Å². The number of carbonyl (C=O) groups excluding carboxylic acids is 2. The molecule has 2 aromatic carbocycles. The quantitative estimate of drug-likeness (QED) is 0.863. The standard InChI is InChI=1S/C19H17NO2/c1-2-17(21)12-7-8-13-10-19(11-14(13)9-12)15-5-3-4-6-16(15)20-18(19)22/h3-9H,2,10-11H2,1H3,(H,20,22). The van der Waals surface area contributed by atoms with Crippen LogP contribution in [-0.2, 0) is 23.1 Å². The molecule has 3 nitrogen and oxygen atoms in total. The van der Waals surface area contributed by atoms with Crippen molar-refractivity contribution in [3.8, 4) is 0 Å². The number of nitrogens with one attached hydrogen (secondary N) is 1. The summed E-state index contributed by atoms with van der Waals surface area (Å²) in [5.74, 6) is 0.230. The van der Waals surface area contributed by atoms with Gasteiger partial charge in [0, 0.05) is 17.7 Å². The lowest BCUT2D eigenvalue weighted by Gasteiger charge is -2.20. The van der Waals surface area contributed by atoms with Crippen molar-refractivity contribution >= 4 is 17.4 Å². The summed E-state index contributed by atoms with van der Waals surface area (Å²) in [6.45, 7) is 1.87. The van der Waals surface area contributed by atoms with Crippen LogP contribution in [-0.4, -0.2) is 11.7 Å². The van der Waals surface area contributed by atoms with Gasteiger partial charge in [0.2, 0.25) is 5.91 Å². The van der Waals surface area contributed by atoms with Crippen molar-refractivity contribution in [3.05, 3.63) is 64.7 Å². The lowest BCUT2D eigenvalue weighted by atomic mass is 9.79. The Kier molecular flexibility index (Phi) is 2.73. The van der Waals surface area contributed by atoms with Crippen LogP contribution in [0.15, 0.2) is 42.5 Å². The molecule has 22 heavy (non-hydrogen) atoms. The molecule has 1 atom stereocenters. The minimum Gasteiger partial charge on any atom is -0.325 e. The summed E-state index contributed by atoms with van der Waals surface area (Å²) >= 11 is 0. The number of ketones is 1. The van der Waals surface area contributed by atoms with E-state index in [-0.39, 0.29) is 11.7 Å². The Morgan fingerprint density at radius 1 is 1.14 bits per heavy atom. The molecule has 1 unspecified atom stereocenters. The normalized spacial score (nSPS) is 21.6. The smallest absolute Gasteiger partial charge is 0.235 e. The average molecular weight is 291 g/mol. The highest BCUT2D eigenvalue weighted by atomic mass is 16.2. The van der Waals surface area contributed by atoms with Crippen LogP contribution in [0.1, 0.15) is 40.4 Å². The van der Waals surface area contributed by atoms with Gasteiger partial charge in [-0.3, -0.25) is 9.59 Å². The first-order valence-corrected chi connectivity index (χ1v) is 7.70. The molecule has 0 radical (unpaired) electrons. The molecule has 0 saturated heterocycles. The van der Waals surface area contributed by atoms with Crippen LogP contribution in [0.3, 0.4) is 0 Å². The summed E-state index contributed by atoms with van der Waals surface area (Å²) in [5, 5.41) is 3.01. The van der Waals surface area contributed by atoms with Gasteiger partial charge in [-0.25, -0.2) is 0 Å². The Bertz CT molecular complexity index is 809. The zero-order valence-electron chi connectivity index (χ0n) is 12.5. The number of Topliss-reactive ketones (excluding diaryl/α,β-unsaturated/α-hetero) is 1. The third-order valence-electron chi connectivity index (χ3n) is 4.96. The van der Waals surface area contributed by atoms with Crippen LogP contribution in [0.4, 0.5) is 5.69 Å². The topological polar surface area (TPSA) is 46.2 Å². The number of para-hydroxylation sites is 1. The van der Waals surface area contributed by atoms with Gasteiger partial charge in [-0.15, -0.1) is 0 Å². The van der Waals surface area contributed by atoms with E-state index in [1.54, 1.807) is 0 Å². The van der Waals surface area contributed by atoms with E-state index in [4.69, 9.17) is 0 Å². The van der Waals surface area contributed by atoms with Gasteiger partial charge in [-0.05, 0) is 41.7 Å². The Morgan fingerprint density at radius 3 is 2.73 bits per heavy atom. The molecule has 1 aliphatic carbocycles. The van der Waals surface area contributed by atoms with Crippen LogP contribution < -0.4 is 5.32 Å². The number of hydrogen-bond donors (Lipinski definition) is 1. The SMILES string of the molecule is CCC(=O)c1ccc2c(c1)CC1(C2)C(=O)Nc2ccccc21. The largest absolute Gasteiger partial charge is 0.325 e. The molecule has 1 aliphatic heterocycles. The molecule has 1 spiro atoms. The molecular weight excluding hydrogens is 274 g/mol. The molecule has 3 heteroatoms. The van der Waals surface area contributed by atoms with Crippen molar-refractivity contribution in [2.24, 2.45) is 0 Å². The molecule has 0 bridgehead atoms. The maximum absolute atomic E-state index is 12.6. The highest BCUT2D eigenvalue weighted by Gasteiger charge is 2.50. The minimum atomic E-state index is -0.493. The predicted molar refractivity (Wildman–Crippen MR) is 85.2 cm³/mol. The van der Waals surface area contributed by atoms with Crippen molar-refractivity contribution in [3.63, 3.8) is 0 Å². The summed E-state index contributed by atoms with van der Waals surface area (Å²) in [4.78, 5) is 24.5. The average Bonchev–Trinajstić information content (AvgIpc) is 3.05. The molecule has 110 valence electrons. The number of benzene rings is 2. The zero-order chi connectivity index (χ0) is 15.3. The predicted octanol–water partition coefficient (Wildman–Crippen LogP) is 3.27. The first-order valence-electron chi connectivity index (χ1n) is 7.70. The van der Waals surface area contributed by atoms with Gasteiger partial charge in [0.1, 0.15) is 0 Å². The Morgan fingerprint density at radius 2 is 1.91 bits per heavy atom. The fraction of sp³-hybridized carbons (Fsp3) is 0.263. The van der Waals surface area contributed by atoms with Crippen molar-refractivity contribution in [1.82, 2.24) is 0 Å². The second-order valence-corrected chi connectivity index (χ2v) is 6.20. The van der Waals surface area contributed by atoms with Crippen LogP contribution in [0.5, 0.6) is 0 Å². The molecule has 1 heterocycles. The fourth-order valence-corrected chi connectivity index (χ4v) is 3.78. The zero-order valence-corrected chi connectivity index (χ0v) is 12.5. The highest BCUT2D eigenvalue weighted by molar-refractivity contribution is 6.07. The van der Waals surface area contributed by atoms with Crippen molar-refractivity contribution in [2.45, 2.75) is 31.6 Å². The van der Waals surface area contributed by atoms with E-state index in [0.717, 1.165) is 22.4 Å². The van der Waals surface area contributed by atoms with Crippen LogP contribution >= 0.6 is 0 Å². The molecule has 0 fully saturated rings. The monoisotopic (exact) mass is 291 g/mol. The third-order valence-corrected chi connectivity index (χ3v) is 4.96. The number of carbonyl (C=O) groups is 2. The summed E-state index contributed by atoms with van der Waals surface area (Å²) in [5.41, 5.74) is 4.58. The van der Waals surface area contributed by atoms with Crippen molar-refractivity contribution < 1.29 is 9.59 Å². The van der Waals surface area contributed by atoms with Crippen LogP contribution in [0.25, 0.3) is 0 Å². The lowest BCUT2D eigenvalue weighted by molar-refractivity contribution is -0.120. The summed E-state index contributed by atoms with van der Waals surface area (Å²) in [7, 11) is 0. The Hall–Kier alpha value is -2.42. The number of hydrogen-bond acceptors (Lipinski definition) is 2. The van der Waals surface area contributed by atoms with Gasteiger partial charge >= 0.3 is 0 Å². The number of rotatable bonds is 2. The maximum atomic E-state index is 12.6.